The topological polar surface area (TPSA) is 138 Å². The van der Waals surface area contributed by atoms with E-state index in [1.54, 1.807) is 0 Å². The number of carboxylic acid groups (broad SMARTS) is 1. The number of nitrogens with one attached hydrogen (secondary N) is 2. The Balaban J connectivity index is 1.42. The van der Waals surface area contributed by atoms with Crippen LogP contribution in [0.4, 0.5) is 9.93 Å². The molecule has 2 aromatic rings. The minimum Gasteiger partial charge on any atom is -0.465 e. The monoisotopic (exact) mass is 457 g/mol. The number of aryl methyl sites for hydroxylation is 1. The molecule has 2 heterocycles. The molecule has 3 amide bonds. The summed E-state index contributed by atoms with van der Waals surface area (Å²) in [7, 11) is 0. The highest BCUT2D eigenvalue weighted by atomic mass is 32.1. The molecule has 170 valence electrons. The van der Waals surface area contributed by atoms with Crippen molar-refractivity contribution in [1.82, 2.24) is 20.5 Å². The van der Waals surface area contributed by atoms with E-state index in [9.17, 15) is 19.5 Å². The minimum absolute atomic E-state index is 0.0235. The second-order valence-corrected chi connectivity index (χ2v) is 9.37. The van der Waals surface area contributed by atoms with Gasteiger partial charge in [-0.2, -0.15) is 0 Å². The molecular weight excluding hydrogens is 430 g/mol. The highest BCUT2D eigenvalue weighted by Gasteiger charge is 2.38. The Morgan fingerprint density at radius 1 is 1.25 bits per heavy atom. The van der Waals surface area contributed by atoms with Gasteiger partial charge >= 0.3 is 6.09 Å². The lowest BCUT2D eigenvalue weighted by Gasteiger charge is -2.30. The molecule has 1 fully saturated rings. The number of nitrogens with two attached hydrogens (primary N) is 1. The van der Waals surface area contributed by atoms with E-state index >= 15 is 0 Å². The molecule has 9 nitrogen and oxygen atoms in total. The summed E-state index contributed by atoms with van der Waals surface area (Å²) in [6.07, 6.45) is 2.47. The van der Waals surface area contributed by atoms with Crippen LogP contribution in [0.5, 0.6) is 0 Å². The summed E-state index contributed by atoms with van der Waals surface area (Å²) in [6.45, 7) is 0.434. The van der Waals surface area contributed by atoms with Crippen LogP contribution in [0.2, 0.25) is 0 Å². The minimum atomic E-state index is -1.26. The van der Waals surface area contributed by atoms with E-state index in [1.165, 1.54) is 16.2 Å². The zero-order valence-corrected chi connectivity index (χ0v) is 18.4. The van der Waals surface area contributed by atoms with Crippen LogP contribution < -0.4 is 16.4 Å². The molecule has 0 bridgehead atoms. The second kappa shape index (κ2) is 9.56. The SMILES string of the molecule is Nc1nc2c(s1)CC(NC(=O)[C@@H]1CCCN1C(=O)[C@@H](Cc1ccccc1)NC(=O)O)CC2. The van der Waals surface area contributed by atoms with Crippen molar-refractivity contribution in [1.29, 1.82) is 0 Å². The number of benzene rings is 1. The van der Waals surface area contributed by atoms with Crippen LogP contribution in [0, 0.1) is 0 Å². The maximum atomic E-state index is 13.3. The number of anilines is 1. The summed E-state index contributed by atoms with van der Waals surface area (Å²) in [6, 6.07) is 7.69. The van der Waals surface area contributed by atoms with Crippen LogP contribution in [-0.2, 0) is 28.9 Å². The average Bonchev–Trinajstić information content (AvgIpc) is 3.39. The van der Waals surface area contributed by atoms with E-state index in [1.807, 2.05) is 30.3 Å². The summed E-state index contributed by atoms with van der Waals surface area (Å²) in [4.78, 5) is 44.6. The van der Waals surface area contributed by atoms with E-state index in [4.69, 9.17) is 5.73 Å². The summed E-state index contributed by atoms with van der Waals surface area (Å²) < 4.78 is 0. The lowest BCUT2D eigenvalue weighted by molar-refractivity contribution is -0.140. The average molecular weight is 458 g/mol. The van der Waals surface area contributed by atoms with Gasteiger partial charge in [0.05, 0.1) is 5.69 Å². The Labute approximate surface area is 190 Å². The van der Waals surface area contributed by atoms with E-state index in [2.05, 4.69) is 15.6 Å². The zero-order valence-electron chi connectivity index (χ0n) is 17.6. The molecule has 1 saturated heterocycles. The predicted octanol–water partition coefficient (Wildman–Crippen LogP) is 1.57. The van der Waals surface area contributed by atoms with Crippen LogP contribution in [0.1, 0.15) is 35.4 Å². The molecule has 0 spiro atoms. The maximum absolute atomic E-state index is 13.3. The molecule has 2 aliphatic rings. The Morgan fingerprint density at radius 3 is 2.78 bits per heavy atom. The fraction of sp³-hybridized carbons (Fsp3) is 0.455. The number of carbonyl (C=O) groups excluding carboxylic acids is 2. The third-order valence-electron chi connectivity index (χ3n) is 6.02. The molecule has 1 aliphatic heterocycles. The Hall–Kier alpha value is -3.14. The molecule has 5 N–H and O–H groups in total. The molecule has 1 aromatic carbocycles. The quantitative estimate of drug-likeness (QED) is 0.520. The molecule has 1 unspecified atom stereocenters. The second-order valence-electron chi connectivity index (χ2n) is 8.25. The fourth-order valence-electron chi connectivity index (χ4n) is 4.52. The van der Waals surface area contributed by atoms with Gasteiger partial charge in [0.1, 0.15) is 12.1 Å². The van der Waals surface area contributed by atoms with Crippen LogP contribution >= 0.6 is 11.3 Å². The Morgan fingerprint density at radius 2 is 2.03 bits per heavy atom. The maximum Gasteiger partial charge on any atom is 0.405 e. The summed E-state index contributed by atoms with van der Waals surface area (Å²) in [5, 5.41) is 15.2. The summed E-state index contributed by atoms with van der Waals surface area (Å²) in [5.74, 6) is -0.550. The van der Waals surface area contributed by atoms with Gasteiger partial charge in [0.25, 0.3) is 0 Å². The number of rotatable bonds is 6. The van der Waals surface area contributed by atoms with Crippen molar-refractivity contribution in [2.45, 2.75) is 56.7 Å². The first-order valence-electron chi connectivity index (χ1n) is 10.8. The van der Waals surface area contributed by atoms with Crippen molar-refractivity contribution in [2.75, 3.05) is 12.3 Å². The number of thiazole rings is 1. The van der Waals surface area contributed by atoms with Crippen molar-refractivity contribution in [2.24, 2.45) is 0 Å². The van der Waals surface area contributed by atoms with Gasteiger partial charge in [0.15, 0.2) is 5.13 Å². The van der Waals surface area contributed by atoms with E-state index < -0.39 is 18.2 Å². The number of nitrogens with zero attached hydrogens (tertiary/aromatic N) is 2. The van der Waals surface area contributed by atoms with Crippen molar-refractivity contribution >= 4 is 34.4 Å². The first-order chi connectivity index (χ1) is 15.4. The van der Waals surface area contributed by atoms with Crippen molar-refractivity contribution < 1.29 is 19.5 Å². The molecule has 3 atom stereocenters. The molecular formula is C22H27N5O4S. The number of nitrogen functional groups attached to an aromatic ring is 1. The third kappa shape index (κ3) is 5.01. The van der Waals surface area contributed by atoms with Gasteiger partial charge in [0, 0.05) is 30.3 Å². The van der Waals surface area contributed by atoms with Crippen LogP contribution in [-0.4, -0.2) is 57.6 Å². The van der Waals surface area contributed by atoms with E-state index in [0.717, 1.165) is 29.0 Å². The highest BCUT2D eigenvalue weighted by Crippen LogP contribution is 2.28. The van der Waals surface area contributed by atoms with Gasteiger partial charge in [-0.05, 0) is 31.2 Å². The van der Waals surface area contributed by atoms with Gasteiger partial charge in [-0.3, -0.25) is 9.59 Å². The fourth-order valence-corrected chi connectivity index (χ4v) is 5.48. The largest absolute Gasteiger partial charge is 0.465 e. The number of carbonyl (C=O) groups is 3. The number of aromatic nitrogens is 1. The van der Waals surface area contributed by atoms with Gasteiger partial charge in [-0.25, -0.2) is 9.78 Å². The van der Waals surface area contributed by atoms with Gasteiger partial charge in [-0.15, -0.1) is 11.3 Å². The molecule has 32 heavy (non-hydrogen) atoms. The van der Waals surface area contributed by atoms with E-state index in [-0.39, 0.29) is 24.3 Å². The standard InChI is InChI=1S/C22H27N5O4S/c23-21-25-15-9-8-14(12-18(15)32-21)24-19(28)17-7-4-10-27(17)20(29)16(26-22(30)31)11-13-5-2-1-3-6-13/h1-3,5-6,14,16-17,26H,4,7-12H2,(H2,23,25)(H,24,28)(H,30,31)/t14?,16-,17+/m1/s1. The number of hydrogen-bond acceptors (Lipinski definition) is 6. The number of likely N-dealkylation sites (tertiary alicyclic amines) is 1. The molecule has 10 heteroatoms. The third-order valence-corrected chi connectivity index (χ3v) is 6.97. The van der Waals surface area contributed by atoms with Crippen molar-refractivity contribution in [3.63, 3.8) is 0 Å². The number of hydrogen-bond donors (Lipinski definition) is 4. The molecule has 1 aliphatic carbocycles. The van der Waals surface area contributed by atoms with Crippen LogP contribution in [0.3, 0.4) is 0 Å². The van der Waals surface area contributed by atoms with Gasteiger partial charge in [0.2, 0.25) is 11.8 Å². The highest BCUT2D eigenvalue weighted by molar-refractivity contribution is 7.15. The lowest BCUT2D eigenvalue weighted by Crippen LogP contribution is -2.55. The molecule has 0 radical (unpaired) electrons. The molecule has 1 aromatic heterocycles. The van der Waals surface area contributed by atoms with Crippen molar-refractivity contribution in [3.05, 3.63) is 46.5 Å². The first kappa shape index (κ1) is 22.1. The normalized spacial score (nSPS) is 20.9. The lowest BCUT2D eigenvalue weighted by atomic mass is 9.97. The van der Waals surface area contributed by atoms with E-state index in [0.29, 0.717) is 30.9 Å². The number of amides is 3. The molecule has 4 rings (SSSR count). The summed E-state index contributed by atoms with van der Waals surface area (Å²) in [5.41, 5.74) is 7.66. The number of fused-ring (bicyclic) bond motifs is 1. The Bertz CT molecular complexity index is 995. The predicted molar refractivity (Wildman–Crippen MR) is 120 cm³/mol. The van der Waals surface area contributed by atoms with Crippen LogP contribution in [0.15, 0.2) is 30.3 Å². The van der Waals surface area contributed by atoms with Crippen molar-refractivity contribution in [3.8, 4) is 0 Å². The molecule has 0 saturated carbocycles. The van der Waals surface area contributed by atoms with Gasteiger partial charge in [-0.1, -0.05) is 30.3 Å². The first-order valence-corrected chi connectivity index (χ1v) is 11.6. The Kier molecular flexibility index (Phi) is 6.59. The summed E-state index contributed by atoms with van der Waals surface area (Å²) >= 11 is 1.46. The van der Waals surface area contributed by atoms with Gasteiger partial charge < -0.3 is 26.4 Å². The van der Waals surface area contributed by atoms with Crippen LogP contribution in [0.25, 0.3) is 0 Å². The smallest absolute Gasteiger partial charge is 0.405 e. The zero-order chi connectivity index (χ0) is 22.7.